The van der Waals surface area contributed by atoms with Crippen molar-refractivity contribution in [1.82, 2.24) is 19.6 Å². The van der Waals surface area contributed by atoms with Gasteiger partial charge in [0.2, 0.25) is 0 Å². The molecule has 0 unspecified atom stereocenters. The van der Waals surface area contributed by atoms with Gasteiger partial charge in [0, 0.05) is 26.2 Å². The number of aromatic nitrogens is 2. The van der Waals surface area contributed by atoms with Gasteiger partial charge >= 0.3 is 0 Å². The van der Waals surface area contributed by atoms with Gasteiger partial charge in [-0.2, -0.15) is 5.10 Å². The number of hydrogen-bond acceptors (Lipinski definition) is 4. The molecule has 3 aromatic rings. The molecule has 1 aliphatic rings. The van der Waals surface area contributed by atoms with Crippen molar-refractivity contribution < 1.29 is 14.0 Å². The van der Waals surface area contributed by atoms with Crippen molar-refractivity contribution in [3.8, 4) is 0 Å². The van der Waals surface area contributed by atoms with E-state index in [1.165, 1.54) is 6.26 Å². The molecule has 0 aliphatic carbocycles. The molecule has 2 amide bonds. The number of nitrogens with zero attached hydrogens (tertiary/aromatic N) is 4. The summed E-state index contributed by atoms with van der Waals surface area (Å²) >= 11 is 0. The highest BCUT2D eigenvalue weighted by atomic mass is 16.3. The van der Waals surface area contributed by atoms with Crippen LogP contribution in [0.2, 0.25) is 0 Å². The summed E-state index contributed by atoms with van der Waals surface area (Å²) in [4.78, 5) is 29.0. The summed E-state index contributed by atoms with van der Waals surface area (Å²) in [6.07, 6.45) is 3.89. The van der Waals surface area contributed by atoms with Crippen molar-refractivity contribution in [2.45, 2.75) is 19.9 Å². The zero-order chi connectivity index (χ0) is 20.2. The average Bonchev–Trinajstić information content (AvgIpc) is 3.44. The first-order valence-corrected chi connectivity index (χ1v) is 9.88. The van der Waals surface area contributed by atoms with Gasteiger partial charge in [-0.3, -0.25) is 14.3 Å². The Hall–Kier alpha value is -3.35. The summed E-state index contributed by atoms with van der Waals surface area (Å²) in [5.74, 6) is 0.179. The molecule has 150 valence electrons. The molecule has 2 aromatic heterocycles. The summed E-state index contributed by atoms with van der Waals surface area (Å²) in [6.45, 7) is 4.66. The number of amides is 2. The number of piperazine rings is 1. The molecule has 0 radical (unpaired) electrons. The van der Waals surface area contributed by atoms with Crippen LogP contribution in [-0.4, -0.2) is 57.6 Å². The quantitative estimate of drug-likeness (QED) is 0.669. The molecule has 1 fully saturated rings. The molecular formula is C22H24N4O3. The fourth-order valence-electron chi connectivity index (χ4n) is 3.69. The summed E-state index contributed by atoms with van der Waals surface area (Å²) in [7, 11) is 0. The molecule has 0 saturated carbocycles. The number of carbonyl (C=O) groups excluding carboxylic acids is 2. The van der Waals surface area contributed by atoms with Gasteiger partial charge in [0.25, 0.3) is 11.8 Å². The standard InChI is InChI=1S/C22H24N4O3/c1-2-19-18(15-23-26(19)16-17-7-4-3-5-8-17)21(27)24-10-12-25(13-11-24)22(28)20-9-6-14-29-20/h3-9,14-15H,2,10-13,16H2,1H3. The maximum absolute atomic E-state index is 13.1. The molecule has 1 saturated heterocycles. The Labute approximate surface area is 169 Å². The second-order valence-electron chi connectivity index (χ2n) is 7.06. The van der Waals surface area contributed by atoms with Gasteiger partial charge in [-0.05, 0) is 24.1 Å². The van der Waals surface area contributed by atoms with Crippen molar-refractivity contribution in [1.29, 1.82) is 0 Å². The third kappa shape index (κ3) is 3.94. The number of rotatable bonds is 5. The second-order valence-corrected chi connectivity index (χ2v) is 7.06. The molecule has 3 heterocycles. The molecule has 7 heteroatoms. The van der Waals surface area contributed by atoms with E-state index >= 15 is 0 Å². The molecular weight excluding hydrogens is 368 g/mol. The molecule has 0 bridgehead atoms. The minimum absolute atomic E-state index is 0.0220. The van der Waals surface area contributed by atoms with E-state index in [1.807, 2.05) is 29.8 Å². The van der Waals surface area contributed by atoms with Crippen molar-refractivity contribution in [3.05, 3.63) is 77.5 Å². The lowest BCUT2D eigenvalue weighted by Crippen LogP contribution is -2.50. The summed E-state index contributed by atoms with van der Waals surface area (Å²) < 4.78 is 7.09. The smallest absolute Gasteiger partial charge is 0.289 e. The number of benzene rings is 1. The van der Waals surface area contributed by atoms with Gasteiger partial charge < -0.3 is 14.2 Å². The van der Waals surface area contributed by atoms with Crippen LogP contribution in [-0.2, 0) is 13.0 Å². The van der Waals surface area contributed by atoms with Gasteiger partial charge in [0.05, 0.1) is 30.3 Å². The van der Waals surface area contributed by atoms with Crippen molar-refractivity contribution in [2.75, 3.05) is 26.2 Å². The van der Waals surface area contributed by atoms with Crippen LogP contribution >= 0.6 is 0 Å². The van der Waals surface area contributed by atoms with E-state index in [2.05, 4.69) is 17.2 Å². The topological polar surface area (TPSA) is 71.6 Å². The van der Waals surface area contributed by atoms with E-state index in [4.69, 9.17) is 4.42 Å². The average molecular weight is 392 g/mol. The third-order valence-corrected chi connectivity index (χ3v) is 5.28. The van der Waals surface area contributed by atoms with Gasteiger partial charge in [-0.15, -0.1) is 0 Å². The predicted molar refractivity (Wildman–Crippen MR) is 108 cm³/mol. The van der Waals surface area contributed by atoms with Crippen LogP contribution in [0.3, 0.4) is 0 Å². The largest absolute Gasteiger partial charge is 0.459 e. The first kappa shape index (κ1) is 19.0. The van der Waals surface area contributed by atoms with E-state index in [9.17, 15) is 9.59 Å². The monoisotopic (exact) mass is 392 g/mol. The maximum atomic E-state index is 13.1. The Bertz CT molecular complexity index is 971. The lowest BCUT2D eigenvalue weighted by Gasteiger charge is -2.34. The van der Waals surface area contributed by atoms with Crippen molar-refractivity contribution >= 4 is 11.8 Å². The van der Waals surface area contributed by atoms with Crippen molar-refractivity contribution in [2.24, 2.45) is 0 Å². The van der Waals surface area contributed by atoms with Gasteiger partial charge in [0.1, 0.15) is 0 Å². The van der Waals surface area contributed by atoms with Crippen LogP contribution in [0.15, 0.2) is 59.3 Å². The number of furan rings is 1. The van der Waals surface area contributed by atoms with Crippen molar-refractivity contribution in [3.63, 3.8) is 0 Å². The van der Waals surface area contributed by atoms with Gasteiger partial charge in [-0.1, -0.05) is 37.3 Å². The predicted octanol–water partition coefficient (Wildman–Crippen LogP) is 2.69. The molecule has 0 atom stereocenters. The Morgan fingerprint density at radius 3 is 2.28 bits per heavy atom. The first-order chi connectivity index (χ1) is 14.2. The van der Waals surface area contributed by atoms with E-state index in [0.29, 0.717) is 44.0 Å². The van der Waals surface area contributed by atoms with Gasteiger partial charge in [0.15, 0.2) is 5.76 Å². The van der Waals surface area contributed by atoms with Crippen LogP contribution in [0, 0.1) is 0 Å². The minimum atomic E-state index is -0.132. The fraction of sp³-hybridized carbons (Fsp3) is 0.318. The lowest BCUT2D eigenvalue weighted by molar-refractivity contribution is 0.0517. The van der Waals surface area contributed by atoms with Gasteiger partial charge in [-0.25, -0.2) is 0 Å². The van der Waals surface area contributed by atoms with E-state index in [-0.39, 0.29) is 11.8 Å². The molecule has 7 nitrogen and oxygen atoms in total. The van der Waals surface area contributed by atoms with E-state index in [1.54, 1.807) is 28.1 Å². The normalized spacial score (nSPS) is 14.2. The Kier molecular flexibility index (Phi) is 5.46. The van der Waals surface area contributed by atoms with Crippen LogP contribution in [0.25, 0.3) is 0 Å². The molecule has 0 spiro atoms. The Balaban J connectivity index is 1.43. The molecule has 1 aliphatic heterocycles. The Morgan fingerprint density at radius 2 is 1.66 bits per heavy atom. The SMILES string of the molecule is CCc1c(C(=O)N2CCN(C(=O)c3ccco3)CC2)cnn1Cc1ccccc1. The first-order valence-electron chi connectivity index (χ1n) is 9.88. The molecule has 29 heavy (non-hydrogen) atoms. The summed E-state index contributed by atoms with van der Waals surface area (Å²) in [5, 5.41) is 4.47. The number of carbonyl (C=O) groups is 2. The highest BCUT2D eigenvalue weighted by molar-refractivity contribution is 5.96. The zero-order valence-electron chi connectivity index (χ0n) is 16.5. The summed E-state index contributed by atoms with van der Waals surface area (Å²) in [5.41, 5.74) is 2.73. The second kappa shape index (κ2) is 8.34. The highest BCUT2D eigenvalue weighted by Crippen LogP contribution is 2.17. The summed E-state index contributed by atoms with van der Waals surface area (Å²) in [6, 6.07) is 13.5. The maximum Gasteiger partial charge on any atom is 0.289 e. The fourth-order valence-corrected chi connectivity index (χ4v) is 3.69. The molecule has 1 aromatic carbocycles. The number of hydrogen-bond donors (Lipinski definition) is 0. The van der Waals surface area contributed by atoms with Crippen LogP contribution in [0.5, 0.6) is 0 Å². The van der Waals surface area contributed by atoms with E-state index < -0.39 is 0 Å². The Morgan fingerprint density at radius 1 is 0.966 bits per heavy atom. The van der Waals surface area contributed by atoms with Crippen LogP contribution < -0.4 is 0 Å². The highest BCUT2D eigenvalue weighted by Gasteiger charge is 2.28. The lowest BCUT2D eigenvalue weighted by atomic mass is 10.1. The van der Waals surface area contributed by atoms with E-state index in [0.717, 1.165) is 17.7 Å². The molecule has 0 N–H and O–H groups in total. The third-order valence-electron chi connectivity index (χ3n) is 5.28. The molecule has 4 rings (SSSR count). The zero-order valence-corrected chi connectivity index (χ0v) is 16.5. The minimum Gasteiger partial charge on any atom is -0.459 e. The van der Waals surface area contributed by atoms with Crippen LogP contribution in [0.4, 0.5) is 0 Å². The van der Waals surface area contributed by atoms with Crippen LogP contribution in [0.1, 0.15) is 39.1 Å².